The highest BCUT2D eigenvalue weighted by Crippen LogP contribution is 2.32. The summed E-state index contributed by atoms with van der Waals surface area (Å²) >= 11 is 0. The summed E-state index contributed by atoms with van der Waals surface area (Å²) in [5.41, 5.74) is 0.304. The number of aliphatic carboxylic acids is 1. The van der Waals surface area contributed by atoms with Crippen LogP contribution in [0.5, 0.6) is 0 Å². The van der Waals surface area contributed by atoms with E-state index < -0.39 is 16.8 Å². The van der Waals surface area contributed by atoms with Gasteiger partial charge >= 0.3 is 5.97 Å². The zero-order chi connectivity index (χ0) is 19.6. The van der Waals surface area contributed by atoms with Gasteiger partial charge in [-0.25, -0.2) is 0 Å². The second-order valence-electron chi connectivity index (χ2n) is 6.97. The lowest BCUT2D eigenvalue weighted by Crippen LogP contribution is -2.51. The minimum atomic E-state index is -0.844. The SMILES string of the molecule is O=C(O)[C@@H]1CC[C@H](C(=O)N2CCN(C(=O)c3ccc([N+](=O)[O-])cc3)CC2)C1. The van der Waals surface area contributed by atoms with Crippen LogP contribution >= 0.6 is 0 Å². The van der Waals surface area contributed by atoms with Gasteiger partial charge in [0.05, 0.1) is 10.8 Å². The molecule has 3 rings (SSSR count). The maximum atomic E-state index is 12.6. The normalized spacial score (nSPS) is 22.5. The number of amides is 2. The number of hydrogen-bond acceptors (Lipinski definition) is 5. The van der Waals surface area contributed by atoms with Gasteiger partial charge in [-0.15, -0.1) is 0 Å². The molecule has 1 saturated heterocycles. The molecule has 0 aromatic heterocycles. The number of non-ortho nitro benzene ring substituents is 1. The maximum absolute atomic E-state index is 12.6. The van der Waals surface area contributed by atoms with Crippen molar-refractivity contribution in [3.05, 3.63) is 39.9 Å². The van der Waals surface area contributed by atoms with E-state index in [1.807, 2.05) is 0 Å². The fourth-order valence-corrected chi connectivity index (χ4v) is 3.73. The minimum Gasteiger partial charge on any atom is -0.481 e. The van der Waals surface area contributed by atoms with Gasteiger partial charge in [-0.1, -0.05) is 0 Å². The quantitative estimate of drug-likeness (QED) is 0.627. The zero-order valence-electron chi connectivity index (χ0n) is 14.7. The van der Waals surface area contributed by atoms with Crippen molar-refractivity contribution < 1.29 is 24.4 Å². The standard InChI is InChI=1S/C18H21N3O6/c22-16(12-3-5-15(6-4-12)21(26)27)19-7-9-20(10-8-19)17(23)13-1-2-14(11-13)18(24)25/h3-6,13-14H,1-2,7-11H2,(H,24,25)/t13-,14+/m0/s1. The third-order valence-electron chi connectivity index (χ3n) is 5.33. The van der Waals surface area contributed by atoms with E-state index in [4.69, 9.17) is 5.11 Å². The van der Waals surface area contributed by atoms with Gasteiger partial charge in [-0.05, 0) is 31.4 Å². The summed E-state index contributed by atoms with van der Waals surface area (Å²) in [5.74, 6) is -1.78. The molecule has 0 unspecified atom stereocenters. The lowest BCUT2D eigenvalue weighted by molar-refractivity contribution is -0.384. The van der Waals surface area contributed by atoms with Crippen LogP contribution in [-0.2, 0) is 9.59 Å². The van der Waals surface area contributed by atoms with Crippen LogP contribution < -0.4 is 0 Å². The molecule has 144 valence electrons. The highest BCUT2D eigenvalue weighted by atomic mass is 16.6. The number of nitrogens with zero attached hydrogens (tertiary/aromatic N) is 3. The van der Waals surface area contributed by atoms with Crippen LogP contribution in [0.4, 0.5) is 5.69 Å². The van der Waals surface area contributed by atoms with E-state index in [0.29, 0.717) is 51.0 Å². The zero-order valence-corrected chi connectivity index (χ0v) is 14.7. The molecular weight excluding hydrogens is 354 g/mol. The highest BCUT2D eigenvalue weighted by Gasteiger charge is 2.37. The molecule has 1 heterocycles. The van der Waals surface area contributed by atoms with Crippen molar-refractivity contribution in [3.8, 4) is 0 Å². The van der Waals surface area contributed by atoms with Gasteiger partial charge < -0.3 is 14.9 Å². The molecule has 2 amide bonds. The van der Waals surface area contributed by atoms with Gasteiger partial charge in [0.25, 0.3) is 11.6 Å². The first-order chi connectivity index (χ1) is 12.9. The Morgan fingerprint density at radius 2 is 1.52 bits per heavy atom. The van der Waals surface area contributed by atoms with E-state index in [0.717, 1.165) is 0 Å². The summed E-state index contributed by atoms with van der Waals surface area (Å²) in [6, 6.07) is 5.46. The fraction of sp³-hybridized carbons (Fsp3) is 0.500. The number of carboxylic acids is 1. The van der Waals surface area contributed by atoms with E-state index in [1.54, 1.807) is 9.80 Å². The molecule has 9 heteroatoms. The number of nitro benzene ring substituents is 1. The molecule has 0 bridgehead atoms. The molecule has 2 aliphatic rings. The summed E-state index contributed by atoms with van der Waals surface area (Å²) in [4.78, 5) is 49.7. The molecule has 1 aromatic carbocycles. The molecule has 2 fully saturated rings. The Labute approximate surface area is 155 Å². The van der Waals surface area contributed by atoms with Crippen molar-refractivity contribution in [1.29, 1.82) is 0 Å². The predicted octanol–water partition coefficient (Wildman–Crippen LogP) is 1.38. The minimum absolute atomic E-state index is 0.0267. The van der Waals surface area contributed by atoms with E-state index in [2.05, 4.69) is 0 Å². The van der Waals surface area contributed by atoms with Crippen molar-refractivity contribution in [2.24, 2.45) is 11.8 Å². The van der Waals surface area contributed by atoms with Gasteiger partial charge in [0.1, 0.15) is 0 Å². The summed E-state index contributed by atoms with van der Waals surface area (Å²) < 4.78 is 0. The number of piperazine rings is 1. The Balaban J connectivity index is 1.54. The summed E-state index contributed by atoms with van der Waals surface area (Å²) in [5, 5.41) is 19.8. The van der Waals surface area contributed by atoms with Crippen LogP contribution in [0.3, 0.4) is 0 Å². The summed E-state index contributed by atoms with van der Waals surface area (Å²) in [6.07, 6.45) is 1.51. The Morgan fingerprint density at radius 1 is 0.963 bits per heavy atom. The maximum Gasteiger partial charge on any atom is 0.306 e. The molecule has 0 radical (unpaired) electrons. The van der Waals surface area contributed by atoms with Crippen LogP contribution in [0.15, 0.2) is 24.3 Å². The van der Waals surface area contributed by atoms with E-state index in [-0.39, 0.29) is 23.4 Å². The molecule has 1 saturated carbocycles. The second-order valence-corrected chi connectivity index (χ2v) is 6.97. The van der Waals surface area contributed by atoms with Gasteiger partial charge in [0, 0.05) is 49.8 Å². The topological polar surface area (TPSA) is 121 Å². The summed E-state index contributed by atoms with van der Waals surface area (Å²) in [7, 11) is 0. The van der Waals surface area contributed by atoms with Gasteiger partial charge in [0.15, 0.2) is 0 Å². The first-order valence-corrected chi connectivity index (χ1v) is 8.92. The number of carboxylic acid groups (broad SMARTS) is 1. The monoisotopic (exact) mass is 375 g/mol. The summed E-state index contributed by atoms with van der Waals surface area (Å²) in [6.45, 7) is 1.59. The molecular formula is C18H21N3O6. The number of carbonyl (C=O) groups is 3. The van der Waals surface area contributed by atoms with Gasteiger partial charge in [0.2, 0.25) is 5.91 Å². The van der Waals surface area contributed by atoms with Crippen molar-refractivity contribution in [2.75, 3.05) is 26.2 Å². The second kappa shape index (κ2) is 7.73. The number of benzene rings is 1. The number of nitro groups is 1. The Kier molecular flexibility index (Phi) is 5.38. The van der Waals surface area contributed by atoms with Crippen molar-refractivity contribution in [3.63, 3.8) is 0 Å². The molecule has 1 N–H and O–H groups in total. The first kappa shape index (κ1) is 18.8. The van der Waals surface area contributed by atoms with E-state index >= 15 is 0 Å². The molecule has 1 aromatic rings. The third kappa shape index (κ3) is 4.07. The molecule has 27 heavy (non-hydrogen) atoms. The van der Waals surface area contributed by atoms with Crippen molar-refractivity contribution in [2.45, 2.75) is 19.3 Å². The largest absolute Gasteiger partial charge is 0.481 e. The molecule has 1 aliphatic carbocycles. The average Bonchev–Trinajstić information content (AvgIpc) is 3.17. The average molecular weight is 375 g/mol. The van der Waals surface area contributed by atoms with Crippen LogP contribution in [0.2, 0.25) is 0 Å². The Bertz CT molecular complexity index is 755. The van der Waals surface area contributed by atoms with Crippen LogP contribution in [0.25, 0.3) is 0 Å². The number of rotatable bonds is 4. The Morgan fingerprint density at radius 3 is 2.04 bits per heavy atom. The predicted molar refractivity (Wildman–Crippen MR) is 94.0 cm³/mol. The van der Waals surface area contributed by atoms with Crippen LogP contribution in [0.1, 0.15) is 29.6 Å². The van der Waals surface area contributed by atoms with Crippen LogP contribution in [-0.4, -0.2) is 63.8 Å². The molecule has 0 spiro atoms. The van der Waals surface area contributed by atoms with Crippen molar-refractivity contribution >= 4 is 23.5 Å². The Hall–Kier alpha value is -2.97. The van der Waals surface area contributed by atoms with E-state index in [9.17, 15) is 24.5 Å². The van der Waals surface area contributed by atoms with Gasteiger partial charge in [-0.2, -0.15) is 0 Å². The highest BCUT2D eigenvalue weighted by molar-refractivity contribution is 5.94. The number of hydrogen-bond donors (Lipinski definition) is 1. The fourth-order valence-electron chi connectivity index (χ4n) is 3.73. The molecule has 9 nitrogen and oxygen atoms in total. The molecule has 2 atom stereocenters. The smallest absolute Gasteiger partial charge is 0.306 e. The van der Waals surface area contributed by atoms with Crippen molar-refractivity contribution in [1.82, 2.24) is 9.80 Å². The first-order valence-electron chi connectivity index (χ1n) is 8.92. The van der Waals surface area contributed by atoms with Crippen LogP contribution in [0, 0.1) is 22.0 Å². The lowest BCUT2D eigenvalue weighted by Gasteiger charge is -2.36. The number of carbonyl (C=O) groups excluding carboxylic acids is 2. The van der Waals surface area contributed by atoms with Gasteiger partial charge in [-0.3, -0.25) is 24.5 Å². The van der Waals surface area contributed by atoms with E-state index in [1.165, 1.54) is 24.3 Å². The lowest BCUT2D eigenvalue weighted by atomic mass is 10.0. The molecule has 1 aliphatic heterocycles. The third-order valence-corrected chi connectivity index (χ3v) is 5.33.